The van der Waals surface area contributed by atoms with Gasteiger partial charge < -0.3 is 15.0 Å². The molecular formula is C14H22N2O3. The lowest BCUT2D eigenvalue weighted by Gasteiger charge is -2.30. The predicted molar refractivity (Wildman–Crippen MR) is 71.5 cm³/mol. The summed E-state index contributed by atoms with van der Waals surface area (Å²) >= 11 is 0. The summed E-state index contributed by atoms with van der Waals surface area (Å²) in [6, 6.07) is 0. The Bertz CT molecular complexity index is 343. The largest absolute Gasteiger partial charge is 0.376 e. The number of rotatable bonds is 4. The standard InChI is InChI=1S/C14H22N2O3/c1-2-13(17)16-7-5-11(6-8-16)14(18)15-10-12-4-3-9-19-12/h2,11-12H,1,3-10H2,(H,15,18). The summed E-state index contributed by atoms with van der Waals surface area (Å²) in [4.78, 5) is 25.2. The summed E-state index contributed by atoms with van der Waals surface area (Å²) in [5.41, 5.74) is 0. The van der Waals surface area contributed by atoms with Crippen molar-refractivity contribution >= 4 is 11.8 Å². The highest BCUT2D eigenvalue weighted by molar-refractivity contribution is 5.87. The van der Waals surface area contributed by atoms with Crippen LogP contribution >= 0.6 is 0 Å². The van der Waals surface area contributed by atoms with E-state index in [4.69, 9.17) is 4.74 Å². The quantitative estimate of drug-likeness (QED) is 0.762. The van der Waals surface area contributed by atoms with E-state index in [1.54, 1.807) is 4.90 Å². The van der Waals surface area contributed by atoms with Crippen molar-refractivity contribution in [1.29, 1.82) is 0 Å². The highest BCUT2D eigenvalue weighted by Gasteiger charge is 2.27. The molecule has 5 heteroatoms. The number of carbonyl (C=O) groups excluding carboxylic acids is 2. The number of amides is 2. The van der Waals surface area contributed by atoms with Gasteiger partial charge in [0.15, 0.2) is 0 Å². The van der Waals surface area contributed by atoms with E-state index < -0.39 is 0 Å². The molecule has 2 amide bonds. The normalized spacial score (nSPS) is 24.2. The topological polar surface area (TPSA) is 58.6 Å². The zero-order chi connectivity index (χ0) is 13.7. The third-order valence-corrected chi connectivity index (χ3v) is 3.88. The van der Waals surface area contributed by atoms with Gasteiger partial charge in [0.1, 0.15) is 0 Å². The first kappa shape index (κ1) is 14.1. The minimum absolute atomic E-state index is 0.0234. The first-order valence-electron chi connectivity index (χ1n) is 7.01. The van der Waals surface area contributed by atoms with Gasteiger partial charge in [-0.3, -0.25) is 9.59 Å². The van der Waals surface area contributed by atoms with Crippen molar-refractivity contribution in [2.75, 3.05) is 26.2 Å². The van der Waals surface area contributed by atoms with Crippen LogP contribution in [0.1, 0.15) is 25.7 Å². The molecule has 2 saturated heterocycles. The Morgan fingerprint density at radius 3 is 2.63 bits per heavy atom. The van der Waals surface area contributed by atoms with E-state index in [2.05, 4.69) is 11.9 Å². The van der Waals surface area contributed by atoms with Crippen LogP contribution in [0.5, 0.6) is 0 Å². The molecule has 1 N–H and O–H groups in total. The number of nitrogens with one attached hydrogen (secondary N) is 1. The van der Waals surface area contributed by atoms with Crippen LogP contribution in [0.3, 0.4) is 0 Å². The molecule has 5 nitrogen and oxygen atoms in total. The first-order valence-corrected chi connectivity index (χ1v) is 7.01. The maximum Gasteiger partial charge on any atom is 0.245 e. The van der Waals surface area contributed by atoms with Gasteiger partial charge in [-0.1, -0.05) is 6.58 Å². The molecule has 2 heterocycles. The number of carbonyl (C=O) groups is 2. The molecule has 19 heavy (non-hydrogen) atoms. The van der Waals surface area contributed by atoms with Crippen LogP contribution in [-0.2, 0) is 14.3 Å². The average molecular weight is 266 g/mol. The van der Waals surface area contributed by atoms with Crippen LogP contribution in [-0.4, -0.2) is 49.1 Å². The lowest BCUT2D eigenvalue weighted by atomic mass is 9.95. The third kappa shape index (κ3) is 3.80. The molecule has 106 valence electrons. The number of likely N-dealkylation sites (tertiary alicyclic amines) is 1. The van der Waals surface area contributed by atoms with Gasteiger partial charge in [0, 0.05) is 32.2 Å². The molecule has 0 spiro atoms. The maximum absolute atomic E-state index is 12.0. The van der Waals surface area contributed by atoms with Crippen LogP contribution in [0.4, 0.5) is 0 Å². The number of piperidine rings is 1. The molecule has 0 aromatic rings. The Hall–Kier alpha value is -1.36. The van der Waals surface area contributed by atoms with Crippen molar-refractivity contribution < 1.29 is 14.3 Å². The Morgan fingerprint density at radius 1 is 1.32 bits per heavy atom. The number of ether oxygens (including phenoxy) is 1. The molecular weight excluding hydrogens is 244 g/mol. The lowest BCUT2D eigenvalue weighted by Crippen LogP contribution is -2.43. The highest BCUT2D eigenvalue weighted by Crippen LogP contribution is 2.18. The van der Waals surface area contributed by atoms with Crippen molar-refractivity contribution in [3.05, 3.63) is 12.7 Å². The maximum atomic E-state index is 12.0. The molecule has 0 saturated carbocycles. The summed E-state index contributed by atoms with van der Waals surface area (Å²) < 4.78 is 5.48. The van der Waals surface area contributed by atoms with Crippen molar-refractivity contribution in [1.82, 2.24) is 10.2 Å². The van der Waals surface area contributed by atoms with Gasteiger partial charge in [0.25, 0.3) is 0 Å². The fourth-order valence-corrected chi connectivity index (χ4v) is 2.66. The van der Waals surface area contributed by atoms with E-state index in [0.717, 1.165) is 32.3 Å². The van der Waals surface area contributed by atoms with E-state index in [-0.39, 0.29) is 23.8 Å². The third-order valence-electron chi connectivity index (χ3n) is 3.88. The van der Waals surface area contributed by atoms with Crippen LogP contribution in [0.25, 0.3) is 0 Å². The Kier molecular flexibility index (Phi) is 4.96. The predicted octanol–water partition coefficient (Wildman–Crippen LogP) is 0.706. The van der Waals surface area contributed by atoms with E-state index in [9.17, 15) is 9.59 Å². The molecule has 2 fully saturated rings. The molecule has 2 aliphatic heterocycles. The fraction of sp³-hybridized carbons (Fsp3) is 0.714. The lowest BCUT2D eigenvalue weighted by molar-refractivity contribution is -0.132. The first-order chi connectivity index (χ1) is 9.20. The molecule has 2 aliphatic rings. The van der Waals surface area contributed by atoms with Gasteiger partial charge in [0.2, 0.25) is 11.8 Å². The summed E-state index contributed by atoms with van der Waals surface area (Å²) in [5, 5.41) is 2.96. The molecule has 0 aliphatic carbocycles. The Balaban J connectivity index is 1.69. The highest BCUT2D eigenvalue weighted by atomic mass is 16.5. The van der Waals surface area contributed by atoms with Gasteiger partial charge >= 0.3 is 0 Å². The van der Waals surface area contributed by atoms with E-state index in [0.29, 0.717) is 19.6 Å². The van der Waals surface area contributed by atoms with Crippen molar-refractivity contribution in [3.63, 3.8) is 0 Å². The second-order valence-electron chi connectivity index (χ2n) is 5.18. The van der Waals surface area contributed by atoms with Crippen molar-refractivity contribution in [2.45, 2.75) is 31.8 Å². The number of hydrogen-bond donors (Lipinski definition) is 1. The van der Waals surface area contributed by atoms with Crippen molar-refractivity contribution in [3.8, 4) is 0 Å². The van der Waals surface area contributed by atoms with Crippen LogP contribution in [0.2, 0.25) is 0 Å². The summed E-state index contributed by atoms with van der Waals surface area (Å²) in [6.45, 7) is 6.19. The number of hydrogen-bond acceptors (Lipinski definition) is 3. The zero-order valence-corrected chi connectivity index (χ0v) is 11.3. The monoisotopic (exact) mass is 266 g/mol. The average Bonchev–Trinajstić information content (AvgIpc) is 2.97. The summed E-state index contributed by atoms with van der Waals surface area (Å²) in [7, 11) is 0. The Morgan fingerprint density at radius 2 is 2.05 bits per heavy atom. The Labute approximate surface area is 114 Å². The minimum atomic E-state index is -0.0433. The molecule has 0 radical (unpaired) electrons. The summed E-state index contributed by atoms with van der Waals surface area (Å²) in [6.07, 6.45) is 5.10. The van der Waals surface area contributed by atoms with E-state index >= 15 is 0 Å². The van der Waals surface area contributed by atoms with Crippen LogP contribution in [0.15, 0.2) is 12.7 Å². The van der Waals surface area contributed by atoms with Gasteiger partial charge in [0.05, 0.1) is 6.10 Å². The van der Waals surface area contributed by atoms with Crippen LogP contribution in [0, 0.1) is 5.92 Å². The summed E-state index contributed by atoms with van der Waals surface area (Å²) in [5.74, 6) is 0.0784. The fourth-order valence-electron chi connectivity index (χ4n) is 2.66. The second-order valence-corrected chi connectivity index (χ2v) is 5.18. The SMILES string of the molecule is C=CC(=O)N1CCC(C(=O)NCC2CCCO2)CC1. The van der Waals surface area contributed by atoms with Gasteiger partial charge in [-0.05, 0) is 31.8 Å². The molecule has 0 bridgehead atoms. The second kappa shape index (κ2) is 6.70. The molecule has 0 aromatic heterocycles. The van der Waals surface area contributed by atoms with E-state index in [1.165, 1.54) is 6.08 Å². The smallest absolute Gasteiger partial charge is 0.245 e. The van der Waals surface area contributed by atoms with Gasteiger partial charge in [-0.25, -0.2) is 0 Å². The molecule has 1 atom stereocenters. The zero-order valence-electron chi connectivity index (χ0n) is 11.3. The van der Waals surface area contributed by atoms with Crippen molar-refractivity contribution in [2.24, 2.45) is 5.92 Å². The number of nitrogens with zero attached hydrogens (tertiary/aromatic N) is 1. The van der Waals surface area contributed by atoms with Crippen LogP contribution < -0.4 is 5.32 Å². The molecule has 2 rings (SSSR count). The van der Waals surface area contributed by atoms with E-state index in [1.807, 2.05) is 0 Å². The molecule has 1 unspecified atom stereocenters. The van der Waals surface area contributed by atoms with Gasteiger partial charge in [-0.2, -0.15) is 0 Å². The molecule has 0 aromatic carbocycles. The minimum Gasteiger partial charge on any atom is -0.376 e. The van der Waals surface area contributed by atoms with Gasteiger partial charge in [-0.15, -0.1) is 0 Å².